The number of carbonyl (C=O) groups is 2. The molecule has 1 aliphatic heterocycles. The first-order valence-corrected chi connectivity index (χ1v) is 6.06. The van der Waals surface area contributed by atoms with E-state index in [2.05, 4.69) is 4.90 Å². The SMILES string of the molecule is CC(C)(C)OC(=O)N1CCN(CCC=O)CC1.Cl. The maximum absolute atomic E-state index is 11.8. The molecule has 1 fully saturated rings. The van der Waals surface area contributed by atoms with Crippen LogP contribution >= 0.6 is 12.4 Å². The number of amides is 1. The van der Waals surface area contributed by atoms with Crippen LogP contribution in [0.3, 0.4) is 0 Å². The van der Waals surface area contributed by atoms with E-state index in [1.54, 1.807) is 4.90 Å². The Kier molecular flexibility index (Phi) is 7.25. The Morgan fingerprint density at radius 3 is 2.22 bits per heavy atom. The number of nitrogens with zero attached hydrogens (tertiary/aromatic N) is 2. The van der Waals surface area contributed by atoms with Gasteiger partial charge in [0.1, 0.15) is 11.9 Å². The lowest BCUT2D eigenvalue weighted by molar-refractivity contribution is -0.108. The molecule has 0 aliphatic carbocycles. The molecular formula is C12H23ClN2O3. The highest BCUT2D eigenvalue weighted by atomic mass is 35.5. The fourth-order valence-electron chi connectivity index (χ4n) is 1.72. The van der Waals surface area contributed by atoms with Gasteiger partial charge in [0, 0.05) is 39.1 Å². The largest absolute Gasteiger partial charge is 0.444 e. The molecule has 0 atom stereocenters. The molecule has 0 spiro atoms. The van der Waals surface area contributed by atoms with Crippen LogP contribution in [0, 0.1) is 0 Å². The highest BCUT2D eigenvalue weighted by Gasteiger charge is 2.25. The molecule has 5 nitrogen and oxygen atoms in total. The third-order valence-electron chi connectivity index (χ3n) is 2.59. The number of hydrogen-bond donors (Lipinski definition) is 0. The summed E-state index contributed by atoms with van der Waals surface area (Å²) in [6.45, 7) is 9.36. The van der Waals surface area contributed by atoms with Crippen LogP contribution < -0.4 is 0 Å². The quantitative estimate of drug-likeness (QED) is 0.735. The number of carbonyl (C=O) groups excluding carboxylic acids is 2. The Morgan fingerprint density at radius 2 is 1.78 bits per heavy atom. The summed E-state index contributed by atoms with van der Waals surface area (Å²) in [5.41, 5.74) is -0.439. The molecule has 106 valence electrons. The highest BCUT2D eigenvalue weighted by Crippen LogP contribution is 2.11. The van der Waals surface area contributed by atoms with E-state index in [-0.39, 0.29) is 18.5 Å². The van der Waals surface area contributed by atoms with Gasteiger partial charge in [0.2, 0.25) is 0 Å². The average Bonchev–Trinajstić information content (AvgIpc) is 2.24. The van der Waals surface area contributed by atoms with Crippen molar-refractivity contribution in [3.05, 3.63) is 0 Å². The molecule has 1 saturated heterocycles. The van der Waals surface area contributed by atoms with E-state index < -0.39 is 5.60 Å². The number of ether oxygens (including phenoxy) is 1. The van der Waals surface area contributed by atoms with Crippen LogP contribution in [0.5, 0.6) is 0 Å². The summed E-state index contributed by atoms with van der Waals surface area (Å²) in [6.07, 6.45) is 1.25. The minimum atomic E-state index is -0.439. The van der Waals surface area contributed by atoms with Gasteiger partial charge < -0.3 is 14.4 Å². The summed E-state index contributed by atoms with van der Waals surface area (Å²) in [6, 6.07) is 0. The van der Waals surface area contributed by atoms with E-state index in [0.29, 0.717) is 19.5 Å². The normalized spacial score (nSPS) is 16.9. The third kappa shape index (κ3) is 6.21. The molecular weight excluding hydrogens is 256 g/mol. The van der Waals surface area contributed by atoms with Crippen molar-refractivity contribution in [1.29, 1.82) is 0 Å². The van der Waals surface area contributed by atoms with Gasteiger partial charge in [-0.1, -0.05) is 0 Å². The standard InChI is InChI=1S/C12H22N2O3.ClH/c1-12(2,3)17-11(16)14-8-6-13(7-9-14)5-4-10-15;/h10H,4-9H2,1-3H3;1H. The van der Waals surface area contributed by atoms with Crippen LogP contribution in [0.15, 0.2) is 0 Å². The zero-order valence-corrected chi connectivity index (χ0v) is 12.2. The van der Waals surface area contributed by atoms with E-state index in [0.717, 1.165) is 25.9 Å². The molecule has 0 aromatic carbocycles. The average molecular weight is 279 g/mol. The molecule has 0 N–H and O–H groups in total. The minimum Gasteiger partial charge on any atom is -0.444 e. The van der Waals surface area contributed by atoms with Gasteiger partial charge in [0.25, 0.3) is 0 Å². The summed E-state index contributed by atoms with van der Waals surface area (Å²) in [5.74, 6) is 0. The van der Waals surface area contributed by atoms with Gasteiger partial charge in [-0.25, -0.2) is 4.79 Å². The second-order valence-electron chi connectivity index (χ2n) is 5.26. The lowest BCUT2D eigenvalue weighted by atomic mass is 10.2. The Bertz CT molecular complexity index is 271. The van der Waals surface area contributed by atoms with Crippen LogP contribution in [-0.2, 0) is 9.53 Å². The summed E-state index contributed by atoms with van der Waals surface area (Å²) < 4.78 is 5.31. The number of piperazine rings is 1. The number of hydrogen-bond acceptors (Lipinski definition) is 4. The number of rotatable bonds is 3. The second kappa shape index (κ2) is 7.59. The van der Waals surface area contributed by atoms with E-state index in [4.69, 9.17) is 4.74 Å². The van der Waals surface area contributed by atoms with Crippen molar-refractivity contribution < 1.29 is 14.3 Å². The van der Waals surface area contributed by atoms with Gasteiger partial charge in [0.15, 0.2) is 0 Å². The van der Waals surface area contributed by atoms with Crippen LogP contribution in [-0.4, -0.2) is 60.5 Å². The highest BCUT2D eigenvalue weighted by molar-refractivity contribution is 5.85. The smallest absolute Gasteiger partial charge is 0.410 e. The van der Waals surface area contributed by atoms with Gasteiger partial charge >= 0.3 is 6.09 Å². The molecule has 0 radical (unpaired) electrons. The fourth-order valence-corrected chi connectivity index (χ4v) is 1.72. The predicted molar refractivity (Wildman–Crippen MR) is 72.2 cm³/mol. The molecule has 1 aliphatic rings. The maximum atomic E-state index is 11.8. The number of aldehydes is 1. The van der Waals surface area contributed by atoms with E-state index in [1.165, 1.54) is 0 Å². The van der Waals surface area contributed by atoms with Crippen molar-refractivity contribution in [1.82, 2.24) is 9.80 Å². The molecule has 0 aromatic heterocycles. The fraction of sp³-hybridized carbons (Fsp3) is 0.833. The van der Waals surface area contributed by atoms with Gasteiger partial charge in [0.05, 0.1) is 0 Å². The van der Waals surface area contributed by atoms with Crippen LogP contribution in [0.4, 0.5) is 4.79 Å². The van der Waals surface area contributed by atoms with Gasteiger partial charge in [-0.15, -0.1) is 12.4 Å². The Morgan fingerprint density at radius 1 is 1.22 bits per heavy atom. The summed E-state index contributed by atoms with van der Waals surface area (Å²) >= 11 is 0. The first-order chi connectivity index (χ1) is 7.92. The molecule has 1 heterocycles. The monoisotopic (exact) mass is 278 g/mol. The maximum Gasteiger partial charge on any atom is 0.410 e. The lowest BCUT2D eigenvalue weighted by Crippen LogP contribution is -2.50. The Hall–Kier alpha value is -0.810. The minimum absolute atomic E-state index is 0. The van der Waals surface area contributed by atoms with Gasteiger partial charge in [-0.05, 0) is 20.8 Å². The van der Waals surface area contributed by atoms with Gasteiger partial charge in [-0.3, -0.25) is 4.90 Å². The van der Waals surface area contributed by atoms with Crippen molar-refractivity contribution in [3.8, 4) is 0 Å². The lowest BCUT2D eigenvalue weighted by Gasteiger charge is -2.35. The molecule has 6 heteroatoms. The van der Waals surface area contributed by atoms with Crippen molar-refractivity contribution in [3.63, 3.8) is 0 Å². The van der Waals surface area contributed by atoms with Crippen molar-refractivity contribution in [2.75, 3.05) is 32.7 Å². The zero-order chi connectivity index (χ0) is 12.9. The topological polar surface area (TPSA) is 49.9 Å². The van der Waals surface area contributed by atoms with Gasteiger partial charge in [-0.2, -0.15) is 0 Å². The second-order valence-corrected chi connectivity index (χ2v) is 5.26. The van der Waals surface area contributed by atoms with Crippen LogP contribution in [0.2, 0.25) is 0 Å². The van der Waals surface area contributed by atoms with E-state index in [1.807, 2.05) is 20.8 Å². The molecule has 0 saturated carbocycles. The molecule has 0 bridgehead atoms. The van der Waals surface area contributed by atoms with Crippen molar-refractivity contribution in [2.45, 2.75) is 32.8 Å². The van der Waals surface area contributed by atoms with Crippen molar-refractivity contribution >= 4 is 24.8 Å². The predicted octanol–water partition coefficient (Wildman–Crippen LogP) is 1.55. The first-order valence-electron chi connectivity index (χ1n) is 6.06. The number of halogens is 1. The molecule has 18 heavy (non-hydrogen) atoms. The molecule has 1 amide bonds. The first kappa shape index (κ1) is 17.2. The summed E-state index contributed by atoms with van der Waals surface area (Å²) in [4.78, 5) is 25.9. The Balaban J connectivity index is 0.00000289. The van der Waals surface area contributed by atoms with Crippen LogP contribution in [0.25, 0.3) is 0 Å². The zero-order valence-electron chi connectivity index (χ0n) is 11.3. The molecule has 0 aromatic rings. The van der Waals surface area contributed by atoms with Crippen LogP contribution in [0.1, 0.15) is 27.2 Å². The van der Waals surface area contributed by atoms with E-state index in [9.17, 15) is 9.59 Å². The molecule has 1 rings (SSSR count). The summed E-state index contributed by atoms with van der Waals surface area (Å²) in [7, 11) is 0. The molecule has 0 unspecified atom stereocenters. The van der Waals surface area contributed by atoms with E-state index >= 15 is 0 Å². The van der Waals surface area contributed by atoms with Crippen molar-refractivity contribution in [2.24, 2.45) is 0 Å². The summed E-state index contributed by atoms with van der Waals surface area (Å²) in [5, 5.41) is 0. The Labute approximate surface area is 115 Å². The third-order valence-corrected chi connectivity index (χ3v) is 2.59.